The summed E-state index contributed by atoms with van der Waals surface area (Å²) in [5.41, 5.74) is 0. The van der Waals surface area contributed by atoms with E-state index < -0.39 is 6.10 Å². The van der Waals surface area contributed by atoms with E-state index in [4.69, 9.17) is 14.2 Å². The third-order valence-corrected chi connectivity index (χ3v) is 12.7. The summed E-state index contributed by atoms with van der Waals surface area (Å²) in [6.07, 6.45) is 70.6. The Morgan fingerprint density at radius 2 is 0.529 bits per heavy atom. The highest BCUT2D eigenvalue weighted by atomic mass is 16.6. The summed E-state index contributed by atoms with van der Waals surface area (Å²) in [7, 11) is 0. The molecule has 0 aromatic carbocycles. The van der Waals surface area contributed by atoms with Gasteiger partial charge in [-0.25, -0.2) is 0 Å². The van der Waals surface area contributed by atoms with Crippen molar-refractivity contribution in [1.82, 2.24) is 0 Å². The van der Waals surface area contributed by atoms with Crippen LogP contribution in [-0.2, 0) is 28.6 Å². The third-order valence-electron chi connectivity index (χ3n) is 12.7. The molecule has 0 aromatic rings. The van der Waals surface area contributed by atoms with Crippen molar-refractivity contribution in [2.45, 2.75) is 303 Å². The van der Waals surface area contributed by atoms with E-state index in [1.807, 2.05) is 0 Å². The highest BCUT2D eigenvalue weighted by Gasteiger charge is 2.19. The molecule has 1 atom stereocenters. The number of esters is 3. The second kappa shape index (κ2) is 56.7. The number of ether oxygens (including phenoxy) is 3. The van der Waals surface area contributed by atoms with Gasteiger partial charge in [-0.05, 0) is 109 Å². The number of rotatable bonds is 53. The molecule has 6 nitrogen and oxygen atoms in total. The Balaban J connectivity index is 4.38. The van der Waals surface area contributed by atoms with Crippen LogP contribution in [0.3, 0.4) is 0 Å². The van der Waals surface area contributed by atoms with Gasteiger partial charge in [0.2, 0.25) is 0 Å². The normalized spacial score (nSPS) is 12.5. The van der Waals surface area contributed by atoms with Gasteiger partial charge >= 0.3 is 17.9 Å². The first-order chi connectivity index (χ1) is 33.5. The van der Waals surface area contributed by atoms with Crippen LogP contribution in [0.2, 0.25) is 0 Å². The van der Waals surface area contributed by atoms with Crippen molar-refractivity contribution in [3.05, 3.63) is 60.8 Å². The minimum absolute atomic E-state index is 0.0813. The Labute approximate surface area is 421 Å². The average Bonchev–Trinajstić information content (AvgIpc) is 3.34. The zero-order valence-corrected chi connectivity index (χ0v) is 45.1. The lowest BCUT2D eigenvalue weighted by Crippen LogP contribution is -2.30. The number of carbonyl (C=O) groups is 3. The predicted octanol–water partition coefficient (Wildman–Crippen LogP) is 19.6. The van der Waals surface area contributed by atoms with Gasteiger partial charge in [0.15, 0.2) is 6.10 Å². The summed E-state index contributed by atoms with van der Waals surface area (Å²) in [6.45, 7) is 6.59. The van der Waals surface area contributed by atoms with Crippen LogP contribution in [0.25, 0.3) is 0 Å². The maximum Gasteiger partial charge on any atom is 0.306 e. The largest absolute Gasteiger partial charge is 0.462 e. The molecule has 0 aromatic heterocycles. The summed E-state index contributed by atoms with van der Waals surface area (Å²) in [5.74, 6) is -0.891. The van der Waals surface area contributed by atoms with Gasteiger partial charge in [-0.15, -0.1) is 0 Å². The van der Waals surface area contributed by atoms with Crippen LogP contribution in [0.1, 0.15) is 297 Å². The van der Waals surface area contributed by atoms with Gasteiger partial charge in [0, 0.05) is 19.3 Å². The van der Waals surface area contributed by atoms with Crippen LogP contribution in [0, 0.1) is 0 Å². The van der Waals surface area contributed by atoms with Gasteiger partial charge < -0.3 is 14.2 Å². The van der Waals surface area contributed by atoms with Crippen LogP contribution < -0.4 is 0 Å². The zero-order chi connectivity index (χ0) is 49.3. The van der Waals surface area contributed by atoms with E-state index in [0.717, 1.165) is 83.5 Å². The molecular formula is C62H110O6. The molecule has 0 saturated carbocycles. The van der Waals surface area contributed by atoms with Gasteiger partial charge in [0.25, 0.3) is 0 Å². The smallest absolute Gasteiger partial charge is 0.306 e. The second-order valence-corrected chi connectivity index (χ2v) is 19.5. The fourth-order valence-electron chi connectivity index (χ4n) is 8.26. The number of hydrogen-bond acceptors (Lipinski definition) is 6. The minimum atomic E-state index is -0.783. The number of unbranched alkanes of at least 4 members (excludes halogenated alkanes) is 32. The lowest BCUT2D eigenvalue weighted by atomic mass is 10.1. The van der Waals surface area contributed by atoms with Crippen LogP contribution in [-0.4, -0.2) is 37.2 Å². The standard InChI is InChI=1S/C62H110O6/c1-4-7-10-13-16-19-22-25-28-30-31-33-34-37-40-43-46-49-52-55-61(64)67-58-59(57-66-60(63)54-51-48-45-42-39-36-27-24-21-18-15-12-9-6-3)68-62(65)56-53-50-47-44-41-38-35-32-29-26-23-20-17-14-11-8-5-2/h16-17,19-20,24-29,59H,4-15,18,21-23,30-58H2,1-3H3/b19-16+,20-17+,27-24+,28-25+,29-26+/t59-/m1/s1. The zero-order valence-electron chi connectivity index (χ0n) is 45.1. The molecule has 0 amide bonds. The molecule has 0 aliphatic rings. The fourth-order valence-corrected chi connectivity index (χ4v) is 8.26. The maximum absolute atomic E-state index is 12.9. The van der Waals surface area contributed by atoms with Crippen molar-refractivity contribution in [2.75, 3.05) is 13.2 Å². The molecule has 0 unspecified atom stereocenters. The van der Waals surface area contributed by atoms with Gasteiger partial charge in [-0.2, -0.15) is 0 Å². The fraction of sp³-hybridized carbons (Fsp3) is 0.790. The molecule has 0 bridgehead atoms. The second-order valence-electron chi connectivity index (χ2n) is 19.5. The molecular weight excluding hydrogens is 841 g/mol. The van der Waals surface area contributed by atoms with Crippen molar-refractivity contribution >= 4 is 17.9 Å². The van der Waals surface area contributed by atoms with Gasteiger partial charge in [0.05, 0.1) is 0 Å². The first-order valence-electron chi connectivity index (χ1n) is 29.3. The lowest BCUT2D eigenvalue weighted by Gasteiger charge is -2.18. The average molecular weight is 952 g/mol. The van der Waals surface area contributed by atoms with E-state index in [1.165, 1.54) is 173 Å². The highest BCUT2D eigenvalue weighted by molar-refractivity contribution is 5.71. The lowest BCUT2D eigenvalue weighted by molar-refractivity contribution is -0.167. The molecule has 0 aliphatic carbocycles. The van der Waals surface area contributed by atoms with Crippen molar-refractivity contribution in [3.8, 4) is 0 Å². The molecule has 0 aliphatic heterocycles. The number of allylic oxidation sites excluding steroid dienone is 10. The maximum atomic E-state index is 12.9. The third kappa shape index (κ3) is 54.1. The van der Waals surface area contributed by atoms with Gasteiger partial charge in [-0.3, -0.25) is 14.4 Å². The van der Waals surface area contributed by atoms with Crippen LogP contribution >= 0.6 is 0 Å². The Kier molecular flexibility index (Phi) is 54.3. The van der Waals surface area contributed by atoms with Crippen molar-refractivity contribution < 1.29 is 28.6 Å². The SMILES string of the molecule is CCCCC/C=C/C/C=C/CCCCCCCCCCCC(=O)OC[C@@H](COC(=O)CCCCCCC/C=C/CCCCCCC)OC(=O)CCCCCCCCC/C=C/C/C=C/CCCCC. The molecule has 0 saturated heterocycles. The summed E-state index contributed by atoms with van der Waals surface area (Å²) in [6, 6.07) is 0. The monoisotopic (exact) mass is 951 g/mol. The Morgan fingerprint density at radius 3 is 0.853 bits per heavy atom. The van der Waals surface area contributed by atoms with Gasteiger partial charge in [0.1, 0.15) is 13.2 Å². The quantitative estimate of drug-likeness (QED) is 0.0262. The Bertz CT molecular complexity index is 1230. The molecule has 0 spiro atoms. The number of hydrogen-bond donors (Lipinski definition) is 0. The molecule has 394 valence electrons. The van der Waals surface area contributed by atoms with E-state index >= 15 is 0 Å². The van der Waals surface area contributed by atoms with Crippen LogP contribution in [0.4, 0.5) is 0 Å². The van der Waals surface area contributed by atoms with Crippen molar-refractivity contribution in [1.29, 1.82) is 0 Å². The Hall–Kier alpha value is -2.89. The van der Waals surface area contributed by atoms with E-state index in [1.54, 1.807) is 0 Å². The van der Waals surface area contributed by atoms with E-state index in [9.17, 15) is 14.4 Å². The number of carbonyl (C=O) groups excluding carboxylic acids is 3. The predicted molar refractivity (Wildman–Crippen MR) is 293 cm³/mol. The first kappa shape index (κ1) is 65.1. The summed E-state index contributed by atoms with van der Waals surface area (Å²) in [5, 5.41) is 0. The van der Waals surface area contributed by atoms with Crippen LogP contribution in [0.5, 0.6) is 0 Å². The van der Waals surface area contributed by atoms with Crippen molar-refractivity contribution in [3.63, 3.8) is 0 Å². The minimum Gasteiger partial charge on any atom is -0.462 e. The summed E-state index contributed by atoms with van der Waals surface area (Å²) in [4.78, 5) is 38.2. The summed E-state index contributed by atoms with van der Waals surface area (Å²) < 4.78 is 16.9. The molecule has 0 heterocycles. The Morgan fingerprint density at radius 1 is 0.294 bits per heavy atom. The first-order valence-corrected chi connectivity index (χ1v) is 29.3. The molecule has 0 fully saturated rings. The van der Waals surface area contributed by atoms with Crippen molar-refractivity contribution in [2.24, 2.45) is 0 Å². The van der Waals surface area contributed by atoms with E-state index in [2.05, 4.69) is 81.5 Å². The highest BCUT2D eigenvalue weighted by Crippen LogP contribution is 2.15. The topological polar surface area (TPSA) is 78.9 Å². The molecule has 0 radical (unpaired) electrons. The molecule has 0 rings (SSSR count). The molecule has 0 N–H and O–H groups in total. The van der Waals surface area contributed by atoms with Crippen LogP contribution in [0.15, 0.2) is 60.8 Å². The van der Waals surface area contributed by atoms with E-state index in [0.29, 0.717) is 19.3 Å². The van der Waals surface area contributed by atoms with E-state index in [-0.39, 0.29) is 31.1 Å². The molecule has 6 heteroatoms. The van der Waals surface area contributed by atoms with Gasteiger partial charge in [-0.1, -0.05) is 229 Å². The molecule has 68 heavy (non-hydrogen) atoms. The summed E-state index contributed by atoms with van der Waals surface area (Å²) >= 11 is 0.